The zero-order chi connectivity index (χ0) is 18.8. The lowest BCUT2D eigenvalue weighted by Gasteiger charge is -2.18. The molecule has 0 saturated carbocycles. The Bertz CT molecular complexity index is 1070. The molecule has 27 heavy (non-hydrogen) atoms. The summed E-state index contributed by atoms with van der Waals surface area (Å²) in [6, 6.07) is 11.6. The number of fused-ring (bicyclic) bond motifs is 1. The molecule has 8 nitrogen and oxygen atoms in total. The van der Waals surface area contributed by atoms with Crippen LogP contribution in [0.3, 0.4) is 0 Å². The van der Waals surface area contributed by atoms with Gasteiger partial charge in [-0.05, 0) is 24.3 Å². The maximum Gasteiger partial charge on any atom is 0.259 e. The van der Waals surface area contributed by atoms with E-state index >= 15 is 0 Å². The summed E-state index contributed by atoms with van der Waals surface area (Å²) in [7, 11) is 3.95. The number of nitrogens with zero attached hydrogens (tertiary/aromatic N) is 6. The van der Waals surface area contributed by atoms with Crippen molar-refractivity contribution < 1.29 is 4.79 Å². The molecule has 0 bridgehead atoms. The van der Waals surface area contributed by atoms with Gasteiger partial charge in [0.15, 0.2) is 0 Å². The Morgan fingerprint density at radius 1 is 1.26 bits per heavy atom. The van der Waals surface area contributed by atoms with Gasteiger partial charge in [-0.2, -0.15) is 0 Å². The Kier molecular flexibility index (Phi) is 4.51. The molecular weight excluding hydrogens is 362 g/mol. The van der Waals surface area contributed by atoms with E-state index in [-0.39, 0.29) is 5.91 Å². The monoisotopic (exact) mass is 379 g/mol. The molecule has 9 heteroatoms. The first kappa shape index (κ1) is 17.1. The quantitative estimate of drug-likeness (QED) is 0.573. The van der Waals surface area contributed by atoms with Crippen LogP contribution in [-0.4, -0.2) is 37.7 Å². The number of aryl methyl sites for hydroxylation is 1. The van der Waals surface area contributed by atoms with Gasteiger partial charge < -0.3 is 9.47 Å². The Hall–Kier alpha value is -3.33. The average molecular weight is 379 g/mol. The van der Waals surface area contributed by atoms with E-state index in [4.69, 9.17) is 0 Å². The lowest BCUT2D eigenvalue weighted by Crippen LogP contribution is -2.20. The molecule has 0 aliphatic rings. The number of benzene rings is 1. The molecule has 1 N–H and O–H groups in total. The lowest BCUT2D eigenvalue weighted by atomic mass is 10.2. The zero-order valence-electron chi connectivity index (χ0n) is 14.8. The number of carbonyl (C=O) groups is 1. The summed E-state index contributed by atoms with van der Waals surface area (Å²) in [6.45, 7) is 0.606. The van der Waals surface area contributed by atoms with Crippen molar-refractivity contribution in [1.82, 2.24) is 24.7 Å². The molecule has 1 aromatic carbocycles. The SMILES string of the molecule is CN(Cc1nc2ccccc2n1C)c1ccc(C(=O)Nc2nncs2)cn1. The van der Waals surface area contributed by atoms with Gasteiger partial charge >= 0.3 is 0 Å². The molecule has 0 spiro atoms. The molecule has 4 rings (SSSR count). The third kappa shape index (κ3) is 3.49. The molecule has 0 saturated heterocycles. The van der Waals surface area contributed by atoms with Gasteiger partial charge in [-0.25, -0.2) is 9.97 Å². The second-order valence-corrected chi connectivity index (χ2v) is 6.87. The third-order valence-electron chi connectivity index (χ3n) is 4.24. The van der Waals surface area contributed by atoms with Crippen LogP contribution in [-0.2, 0) is 13.6 Å². The summed E-state index contributed by atoms with van der Waals surface area (Å²) in [6.07, 6.45) is 1.55. The first-order valence-electron chi connectivity index (χ1n) is 8.27. The van der Waals surface area contributed by atoms with E-state index in [1.165, 1.54) is 11.3 Å². The van der Waals surface area contributed by atoms with Gasteiger partial charge in [0.25, 0.3) is 5.91 Å². The highest BCUT2D eigenvalue weighted by Gasteiger charge is 2.13. The highest BCUT2D eigenvalue weighted by atomic mass is 32.1. The Morgan fingerprint density at radius 2 is 2.11 bits per heavy atom. The topological polar surface area (TPSA) is 88.8 Å². The van der Waals surface area contributed by atoms with E-state index in [2.05, 4.69) is 36.1 Å². The molecule has 0 fully saturated rings. The number of amides is 1. The summed E-state index contributed by atoms with van der Waals surface area (Å²) >= 11 is 1.27. The first-order chi connectivity index (χ1) is 13.1. The van der Waals surface area contributed by atoms with E-state index in [0.717, 1.165) is 22.7 Å². The normalized spacial score (nSPS) is 10.9. The van der Waals surface area contributed by atoms with Crippen LogP contribution in [0.4, 0.5) is 10.9 Å². The summed E-state index contributed by atoms with van der Waals surface area (Å²) in [5.74, 6) is 1.44. The summed E-state index contributed by atoms with van der Waals surface area (Å²) in [5.41, 5.74) is 4.09. The van der Waals surface area contributed by atoms with Crippen LogP contribution in [0, 0.1) is 0 Å². The van der Waals surface area contributed by atoms with Gasteiger partial charge in [-0.3, -0.25) is 10.1 Å². The predicted octanol–water partition coefficient (Wildman–Crippen LogP) is 2.71. The second-order valence-electron chi connectivity index (χ2n) is 6.03. The van der Waals surface area contributed by atoms with Crippen molar-refractivity contribution in [2.75, 3.05) is 17.3 Å². The van der Waals surface area contributed by atoms with Crippen molar-refractivity contribution in [3.8, 4) is 0 Å². The van der Waals surface area contributed by atoms with Crippen LogP contribution >= 0.6 is 11.3 Å². The molecular formula is C18H17N7OS. The van der Waals surface area contributed by atoms with Gasteiger partial charge in [0, 0.05) is 20.3 Å². The molecule has 0 aliphatic heterocycles. The fraction of sp³-hybridized carbons (Fsp3) is 0.167. The van der Waals surface area contributed by atoms with E-state index in [1.54, 1.807) is 17.8 Å². The van der Waals surface area contributed by atoms with Crippen LogP contribution in [0.25, 0.3) is 11.0 Å². The van der Waals surface area contributed by atoms with Crippen LogP contribution in [0.1, 0.15) is 16.2 Å². The van der Waals surface area contributed by atoms with Crippen LogP contribution in [0.5, 0.6) is 0 Å². The zero-order valence-corrected chi connectivity index (χ0v) is 15.6. The highest BCUT2D eigenvalue weighted by Crippen LogP contribution is 2.18. The Balaban J connectivity index is 1.48. The van der Waals surface area contributed by atoms with Gasteiger partial charge in [0.2, 0.25) is 5.13 Å². The van der Waals surface area contributed by atoms with E-state index < -0.39 is 0 Å². The van der Waals surface area contributed by atoms with Gasteiger partial charge in [-0.1, -0.05) is 23.5 Å². The first-order valence-corrected chi connectivity index (χ1v) is 9.15. The molecule has 136 valence electrons. The standard InChI is InChI=1S/C18H17N7OS/c1-24(10-16-21-13-5-3-4-6-14(13)25(16)2)15-8-7-12(9-19-15)17(26)22-18-23-20-11-27-18/h3-9,11H,10H2,1-2H3,(H,22,23,26). The molecule has 0 unspecified atom stereocenters. The molecule has 3 heterocycles. The smallest absolute Gasteiger partial charge is 0.259 e. The van der Waals surface area contributed by atoms with Crippen molar-refractivity contribution in [3.05, 3.63) is 59.5 Å². The molecule has 0 radical (unpaired) electrons. The number of imidazole rings is 1. The van der Waals surface area contributed by atoms with Crippen molar-refractivity contribution >= 4 is 39.2 Å². The van der Waals surface area contributed by atoms with Crippen molar-refractivity contribution in [3.63, 3.8) is 0 Å². The summed E-state index contributed by atoms with van der Waals surface area (Å²) in [4.78, 5) is 23.3. The number of nitrogens with one attached hydrogen (secondary N) is 1. The van der Waals surface area contributed by atoms with E-state index in [0.29, 0.717) is 17.2 Å². The van der Waals surface area contributed by atoms with Crippen LogP contribution in [0.2, 0.25) is 0 Å². The van der Waals surface area contributed by atoms with Crippen molar-refractivity contribution in [2.45, 2.75) is 6.54 Å². The minimum absolute atomic E-state index is 0.260. The third-order valence-corrected chi connectivity index (χ3v) is 4.85. The van der Waals surface area contributed by atoms with Gasteiger partial charge in [0.05, 0.1) is 23.1 Å². The number of hydrogen-bond donors (Lipinski definition) is 1. The largest absolute Gasteiger partial charge is 0.352 e. The Morgan fingerprint density at radius 3 is 2.81 bits per heavy atom. The summed E-state index contributed by atoms with van der Waals surface area (Å²) in [5, 5.41) is 10.6. The molecule has 1 amide bonds. The molecule has 0 aliphatic carbocycles. The minimum Gasteiger partial charge on any atom is -0.352 e. The number of hydrogen-bond acceptors (Lipinski definition) is 7. The lowest BCUT2D eigenvalue weighted by molar-refractivity contribution is 0.102. The van der Waals surface area contributed by atoms with Crippen molar-refractivity contribution in [1.29, 1.82) is 0 Å². The number of para-hydroxylation sites is 2. The van der Waals surface area contributed by atoms with Gasteiger partial charge in [0.1, 0.15) is 17.2 Å². The van der Waals surface area contributed by atoms with Crippen LogP contribution < -0.4 is 10.2 Å². The summed E-state index contributed by atoms with van der Waals surface area (Å²) < 4.78 is 2.08. The number of rotatable bonds is 5. The fourth-order valence-corrected chi connectivity index (χ4v) is 3.21. The number of aromatic nitrogens is 5. The number of anilines is 2. The second kappa shape index (κ2) is 7.12. The van der Waals surface area contributed by atoms with E-state index in [9.17, 15) is 4.79 Å². The minimum atomic E-state index is -0.260. The molecule has 4 aromatic rings. The fourth-order valence-electron chi connectivity index (χ4n) is 2.77. The van der Waals surface area contributed by atoms with Gasteiger partial charge in [-0.15, -0.1) is 10.2 Å². The molecule has 0 atom stereocenters. The van der Waals surface area contributed by atoms with Crippen molar-refractivity contribution in [2.24, 2.45) is 7.05 Å². The maximum absolute atomic E-state index is 12.2. The number of carbonyl (C=O) groups excluding carboxylic acids is 1. The highest BCUT2D eigenvalue weighted by molar-refractivity contribution is 7.13. The number of pyridine rings is 1. The molecule has 3 aromatic heterocycles. The van der Waals surface area contributed by atoms with Crippen LogP contribution in [0.15, 0.2) is 48.1 Å². The maximum atomic E-state index is 12.2. The average Bonchev–Trinajstić information content (AvgIpc) is 3.30. The van der Waals surface area contributed by atoms with E-state index in [1.807, 2.05) is 43.3 Å². The Labute approximate surface area is 159 Å². The predicted molar refractivity (Wildman–Crippen MR) is 105 cm³/mol.